The molecule has 9 nitrogen and oxygen atoms in total. The van der Waals surface area contributed by atoms with Gasteiger partial charge in [-0.1, -0.05) is 42.5 Å². The Balaban J connectivity index is 1.45. The Bertz CT molecular complexity index is 1390. The van der Waals surface area contributed by atoms with Gasteiger partial charge in [0.25, 0.3) is 16.8 Å². The van der Waals surface area contributed by atoms with Crippen LogP contribution in [0.1, 0.15) is 11.1 Å². The van der Waals surface area contributed by atoms with E-state index < -0.39 is 26.2 Å². The smallest absolute Gasteiger partial charge is 0.339 e. The standard InChI is InChI=1S/C23H16N2O7S2/c26-22-21(33-23(27)24(22)15-17-6-10-18(11-7-17)25(28)29)14-16-8-12-19(13-9-16)32-34(30,31)20-4-2-1-3-5-20/h1-14H,15H2/b21-14-. The van der Waals surface area contributed by atoms with Crippen LogP contribution in [-0.4, -0.2) is 29.4 Å². The van der Waals surface area contributed by atoms with E-state index in [9.17, 15) is 28.1 Å². The van der Waals surface area contributed by atoms with Crippen LogP contribution < -0.4 is 4.18 Å². The van der Waals surface area contributed by atoms with Gasteiger partial charge in [-0.15, -0.1) is 0 Å². The second-order valence-corrected chi connectivity index (χ2v) is 9.65. The summed E-state index contributed by atoms with van der Waals surface area (Å²) >= 11 is 0.779. The van der Waals surface area contributed by atoms with Crippen LogP contribution in [0.4, 0.5) is 10.5 Å². The molecule has 172 valence electrons. The van der Waals surface area contributed by atoms with Gasteiger partial charge in [0, 0.05) is 12.1 Å². The zero-order valence-electron chi connectivity index (χ0n) is 17.4. The summed E-state index contributed by atoms with van der Waals surface area (Å²) in [6.45, 7) is -0.00980. The summed E-state index contributed by atoms with van der Waals surface area (Å²) in [5.74, 6) is -0.382. The first-order valence-corrected chi connectivity index (χ1v) is 12.0. The number of hydrogen-bond donors (Lipinski definition) is 0. The quantitative estimate of drug-likeness (QED) is 0.201. The first-order valence-electron chi connectivity index (χ1n) is 9.81. The van der Waals surface area contributed by atoms with Crippen LogP contribution in [0.2, 0.25) is 0 Å². The van der Waals surface area contributed by atoms with E-state index in [0.29, 0.717) is 11.1 Å². The molecule has 0 saturated carbocycles. The van der Waals surface area contributed by atoms with E-state index in [2.05, 4.69) is 0 Å². The van der Waals surface area contributed by atoms with Gasteiger partial charge in [-0.3, -0.25) is 24.6 Å². The highest BCUT2D eigenvalue weighted by Gasteiger charge is 2.35. The lowest BCUT2D eigenvalue weighted by Crippen LogP contribution is -2.27. The van der Waals surface area contributed by atoms with Gasteiger partial charge in [0.2, 0.25) is 0 Å². The molecule has 3 aromatic rings. The van der Waals surface area contributed by atoms with Crippen molar-refractivity contribution < 1.29 is 27.1 Å². The molecule has 4 rings (SSSR count). The second kappa shape index (κ2) is 9.49. The number of thioether (sulfide) groups is 1. The summed E-state index contributed by atoms with van der Waals surface area (Å²) < 4.78 is 29.8. The van der Waals surface area contributed by atoms with Gasteiger partial charge in [0.1, 0.15) is 10.6 Å². The van der Waals surface area contributed by atoms with Crippen molar-refractivity contribution in [1.29, 1.82) is 0 Å². The van der Waals surface area contributed by atoms with Crippen molar-refractivity contribution in [3.8, 4) is 5.75 Å². The van der Waals surface area contributed by atoms with E-state index in [1.165, 1.54) is 54.6 Å². The van der Waals surface area contributed by atoms with E-state index in [0.717, 1.165) is 16.7 Å². The van der Waals surface area contributed by atoms with E-state index in [4.69, 9.17) is 4.18 Å². The average molecular weight is 497 g/mol. The molecule has 0 atom stereocenters. The number of nitro benzene ring substituents is 1. The molecular weight excluding hydrogens is 480 g/mol. The molecule has 1 aliphatic rings. The van der Waals surface area contributed by atoms with Crippen LogP contribution in [0.3, 0.4) is 0 Å². The monoisotopic (exact) mass is 496 g/mol. The summed E-state index contributed by atoms with van der Waals surface area (Å²) in [6, 6.07) is 19.4. The summed E-state index contributed by atoms with van der Waals surface area (Å²) in [5, 5.41) is 10.3. The SMILES string of the molecule is O=C1S/C(=C\c2ccc(OS(=O)(=O)c3ccccc3)cc2)C(=O)N1Cc1ccc([N+](=O)[O-])cc1. The maximum Gasteiger partial charge on any atom is 0.339 e. The minimum absolute atomic E-state index is 0.00980. The summed E-state index contributed by atoms with van der Waals surface area (Å²) in [6.07, 6.45) is 1.52. The highest BCUT2D eigenvalue weighted by atomic mass is 32.2. The molecule has 0 unspecified atom stereocenters. The molecule has 1 saturated heterocycles. The molecule has 1 fully saturated rings. The van der Waals surface area contributed by atoms with E-state index in [-0.39, 0.29) is 27.8 Å². The van der Waals surface area contributed by atoms with Gasteiger partial charge in [-0.05, 0) is 53.2 Å². The van der Waals surface area contributed by atoms with Crippen molar-refractivity contribution in [2.75, 3.05) is 0 Å². The molecule has 1 aliphatic heterocycles. The molecule has 0 bridgehead atoms. The molecule has 0 aliphatic carbocycles. The maximum atomic E-state index is 12.7. The fourth-order valence-corrected chi connectivity index (χ4v) is 4.86. The van der Waals surface area contributed by atoms with Gasteiger partial charge in [-0.25, -0.2) is 0 Å². The van der Waals surface area contributed by atoms with Crippen LogP contribution in [0.5, 0.6) is 5.75 Å². The average Bonchev–Trinajstić information content (AvgIpc) is 3.08. The number of non-ortho nitro benzene ring substituents is 1. The van der Waals surface area contributed by atoms with Gasteiger partial charge in [-0.2, -0.15) is 8.42 Å². The number of nitro groups is 1. The van der Waals surface area contributed by atoms with Crippen LogP contribution >= 0.6 is 11.8 Å². The number of benzene rings is 3. The Kier molecular flexibility index (Phi) is 6.48. The van der Waals surface area contributed by atoms with Crippen molar-refractivity contribution >= 4 is 44.8 Å². The minimum atomic E-state index is -3.97. The lowest BCUT2D eigenvalue weighted by Gasteiger charge is -2.12. The normalized spacial score (nSPS) is 15.1. The Morgan fingerprint density at radius 3 is 2.21 bits per heavy atom. The number of rotatable bonds is 7. The lowest BCUT2D eigenvalue weighted by atomic mass is 10.2. The summed E-state index contributed by atoms with van der Waals surface area (Å²) in [4.78, 5) is 36.6. The lowest BCUT2D eigenvalue weighted by molar-refractivity contribution is -0.384. The number of nitrogens with zero attached hydrogens (tertiary/aromatic N) is 2. The first-order chi connectivity index (χ1) is 16.2. The molecule has 0 radical (unpaired) electrons. The molecule has 0 aromatic heterocycles. The van der Waals surface area contributed by atoms with E-state index >= 15 is 0 Å². The molecule has 1 heterocycles. The zero-order valence-corrected chi connectivity index (χ0v) is 19.0. The predicted octanol–water partition coefficient (Wildman–Crippen LogP) is 4.60. The molecule has 11 heteroatoms. The maximum absolute atomic E-state index is 12.7. The Labute approximate surface area is 198 Å². The summed E-state index contributed by atoms with van der Waals surface area (Å²) in [7, 11) is -3.97. The summed E-state index contributed by atoms with van der Waals surface area (Å²) in [5.41, 5.74) is 1.07. The third kappa shape index (κ3) is 5.16. The van der Waals surface area contributed by atoms with E-state index in [1.807, 2.05) is 0 Å². The molecular formula is C23H16N2O7S2. The number of amides is 2. The molecule has 0 N–H and O–H groups in total. The number of carbonyl (C=O) groups excluding carboxylic acids is 2. The molecule has 34 heavy (non-hydrogen) atoms. The highest BCUT2D eigenvalue weighted by Crippen LogP contribution is 2.33. The van der Waals surface area contributed by atoms with E-state index in [1.54, 1.807) is 30.3 Å². The van der Waals surface area contributed by atoms with Crippen molar-refractivity contribution in [2.45, 2.75) is 11.4 Å². The van der Waals surface area contributed by atoms with Crippen LogP contribution in [0.15, 0.2) is 88.7 Å². The zero-order chi connectivity index (χ0) is 24.3. The van der Waals surface area contributed by atoms with Crippen LogP contribution in [0, 0.1) is 10.1 Å². The van der Waals surface area contributed by atoms with Crippen molar-refractivity contribution in [2.24, 2.45) is 0 Å². The first kappa shape index (κ1) is 23.2. The Morgan fingerprint density at radius 2 is 1.59 bits per heavy atom. The topological polar surface area (TPSA) is 124 Å². The highest BCUT2D eigenvalue weighted by molar-refractivity contribution is 8.18. The third-order valence-corrected chi connectivity index (χ3v) is 6.95. The number of carbonyl (C=O) groups is 2. The minimum Gasteiger partial charge on any atom is -0.379 e. The van der Waals surface area contributed by atoms with Gasteiger partial charge in [0.05, 0.1) is 16.4 Å². The largest absolute Gasteiger partial charge is 0.379 e. The van der Waals surface area contributed by atoms with Gasteiger partial charge < -0.3 is 4.18 Å². The fraction of sp³-hybridized carbons (Fsp3) is 0.0435. The van der Waals surface area contributed by atoms with Crippen molar-refractivity contribution in [1.82, 2.24) is 4.90 Å². The van der Waals surface area contributed by atoms with Crippen LogP contribution in [0.25, 0.3) is 6.08 Å². The van der Waals surface area contributed by atoms with Crippen LogP contribution in [-0.2, 0) is 21.5 Å². The van der Waals surface area contributed by atoms with Gasteiger partial charge in [0.15, 0.2) is 0 Å². The molecule has 0 spiro atoms. The molecule has 3 aromatic carbocycles. The predicted molar refractivity (Wildman–Crippen MR) is 125 cm³/mol. The van der Waals surface area contributed by atoms with Crippen molar-refractivity contribution in [3.63, 3.8) is 0 Å². The second-order valence-electron chi connectivity index (χ2n) is 7.11. The number of hydrogen-bond acceptors (Lipinski definition) is 8. The van der Waals surface area contributed by atoms with Crippen molar-refractivity contribution in [3.05, 3.63) is 105 Å². The number of imide groups is 1. The Hall–Kier alpha value is -3.96. The van der Waals surface area contributed by atoms with Gasteiger partial charge >= 0.3 is 10.1 Å². The Morgan fingerprint density at radius 1 is 0.941 bits per heavy atom. The fourth-order valence-electron chi connectivity index (χ4n) is 3.07. The third-order valence-electron chi connectivity index (χ3n) is 4.78. The molecule has 2 amide bonds.